The first-order valence-corrected chi connectivity index (χ1v) is 6.77. The van der Waals surface area contributed by atoms with Crippen LogP contribution in [-0.2, 0) is 0 Å². The second-order valence-corrected chi connectivity index (χ2v) is 5.52. The third-order valence-electron chi connectivity index (χ3n) is 4.04. The van der Waals surface area contributed by atoms with Crippen molar-refractivity contribution in [1.82, 2.24) is 10.3 Å². The van der Waals surface area contributed by atoms with E-state index in [1.54, 1.807) is 0 Å². The van der Waals surface area contributed by atoms with E-state index in [1.807, 2.05) is 0 Å². The van der Waals surface area contributed by atoms with Crippen LogP contribution in [0.25, 0.3) is 0 Å². The minimum atomic E-state index is 0.115. The highest BCUT2D eigenvalue weighted by molar-refractivity contribution is 4.94. The molecule has 1 aliphatic rings. The monoisotopic (exact) mass is 237 g/mol. The van der Waals surface area contributed by atoms with Crippen LogP contribution < -0.4 is 11.3 Å². The molecular weight excluding hydrogens is 210 g/mol. The van der Waals surface area contributed by atoms with Crippen molar-refractivity contribution in [3.63, 3.8) is 0 Å². The number of likely N-dealkylation sites (tertiary alicyclic amines) is 1. The lowest BCUT2D eigenvalue weighted by molar-refractivity contribution is 0.0577. The van der Waals surface area contributed by atoms with E-state index in [1.165, 1.54) is 32.4 Å². The van der Waals surface area contributed by atoms with Gasteiger partial charge in [-0.05, 0) is 52.6 Å². The maximum Gasteiger partial charge on any atom is 0.0389 e. The normalized spacial score (nSPS) is 19.9. The van der Waals surface area contributed by atoms with E-state index < -0.39 is 0 Å². The Morgan fingerprint density at radius 3 is 2.53 bits per heavy atom. The molecule has 0 aromatic rings. The van der Waals surface area contributed by atoms with E-state index in [-0.39, 0.29) is 5.54 Å². The standard InChI is InChI=1S/C14H27N3/c1-4-5-7-10-13(16-15)14(2,3)17-11-8-6-9-12-17/h1,13,16H,5-12,15H2,2-3H3. The van der Waals surface area contributed by atoms with Crippen molar-refractivity contribution in [3.05, 3.63) is 0 Å². The molecule has 1 aliphatic heterocycles. The Balaban J connectivity index is 2.54. The summed E-state index contributed by atoms with van der Waals surface area (Å²) in [6.07, 6.45) is 12.2. The van der Waals surface area contributed by atoms with Crippen LogP contribution in [0.4, 0.5) is 0 Å². The van der Waals surface area contributed by atoms with Crippen molar-refractivity contribution in [2.45, 2.75) is 64.0 Å². The number of nitrogens with zero attached hydrogens (tertiary/aromatic N) is 1. The van der Waals surface area contributed by atoms with Crippen LogP contribution in [0.15, 0.2) is 0 Å². The lowest BCUT2D eigenvalue weighted by Gasteiger charge is -2.45. The van der Waals surface area contributed by atoms with E-state index in [4.69, 9.17) is 12.3 Å². The van der Waals surface area contributed by atoms with E-state index in [2.05, 4.69) is 30.1 Å². The maximum absolute atomic E-state index is 5.72. The molecule has 1 rings (SSSR count). The van der Waals surface area contributed by atoms with Crippen LogP contribution >= 0.6 is 0 Å². The van der Waals surface area contributed by atoms with Crippen molar-refractivity contribution in [1.29, 1.82) is 0 Å². The van der Waals surface area contributed by atoms with E-state index in [9.17, 15) is 0 Å². The minimum absolute atomic E-state index is 0.115. The predicted octanol–water partition coefficient (Wildman–Crippen LogP) is 1.89. The van der Waals surface area contributed by atoms with Crippen LogP contribution in [0.2, 0.25) is 0 Å². The molecule has 1 heterocycles. The molecule has 1 fully saturated rings. The molecular formula is C14H27N3. The molecule has 1 saturated heterocycles. The van der Waals surface area contributed by atoms with Crippen molar-refractivity contribution in [2.24, 2.45) is 5.84 Å². The van der Waals surface area contributed by atoms with Gasteiger partial charge in [-0.3, -0.25) is 16.2 Å². The van der Waals surface area contributed by atoms with Gasteiger partial charge in [0.05, 0.1) is 0 Å². The second kappa shape index (κ2) is 7.00. The summed E-state index contributed by atoms with van der Waals surface area (Å²) in [4.78, 5) is 2.57. The van der Waals surface area contributed by atoms with Crippen LogP contribution in [0.3, 0.4) is 0 Å². The third kappa shape index (κ3) is 3.99. The number of nitrogens with one attached hydrogen (secondary N) is 1. The van der Waals surface area contributed by atoms with Gasteiger partial charge < -0.3 is 0 Å². The Kier molecular flexibility index (Phi) is 5.97. The summed E-state index contributed by atoms with van der Waals surface area (Å²) in [6.45, 7) is 6.97. The molecule has 3 N–H and O–H groups in total. The molecule has 0 bridgehead atoms. The van der Waals surface area contributed by atoms with Gasteiger partial charge in [-0.1, -0.05) is 6.42 Å². The summed E-state index contributed by atoms with van der Waals surface area (Å²) in [7, 11) is 0. The first-order valence-electron chi connectivity index (χ1n) is 6.77. The highest BCUT2D eigenvalue weighted by Gasteiger charge is 2.34. The molecule has 0 aliphatic carbocycles. The van der Waals surface area contributed by atoms with Gasteiger partial charge in [-0.15, -0.1) is 12.3 Å². The Labute approximate surface area is 106 Å². The molecule has 0 saturated carbocycles. The minimum Gasteiger partial charge on any atom is -0.297 e. The summed E-state index contributed by atoms with van der Waals surface area (Å²) in [5, 5.41) is 0. The smallest absolute Gasteiger partial charge is 0.0389 e. The zero-order valence-electron chi connectivity index (χ0n) is 11.3. The summed E-state index contributed by atoms with van der Waals surface area (Å²) in [5.41, 5.74) is 3.10. The summed E-state index contributed by atoms with van der Waals surface area (Å²) >= 11 is 0. The van der Waals surface area contributed by atoms with Crippen LogP contribution in [0, 0.1) is 12.3 Å². The number of unbranched alkanes of at least 4 members (excludes halogenated alkanes) is 1. The number of rotatable bonds is 6. The second-order valence-electron chi connectivity index (χ2n) is 5.52. The molecule has 0 radical (unpaired) electrons. The zero-order valence-corrected chi connectivity index (χ0v) is 11.3. The van der Waals surface area contributed by atoms with Crippen molar-refractivity contribution in [2.75, 3.05) is 13.1 Å². The molecule has 17 heavy (non-hydrogen) atoms. The fraction of sp³-hybridized carbons (Fsp3) is 0.857. The van der Waals surface area contributed by atoms with Gasteiger partial charge >= 0.3 is 0 Å². The first kappa shape index (κ1) is 14.5. The lowest BCUT2D eigenvalue weighted by Crippen LogP contribution is -2.60. The van der Waals surface area contributed by atoms with Crippen LogP contribution in [0.5, 0.6) is 0 Å². The van der Waals surface area contributed by atoms with Gasteiger partial charge in [0.25, 0.3) is 0 Å². The van der Waals surface area contributed by atoms with Gasteiger partial charge in [-0.2, -0.15) is 0 Å². The Hall–Kier alpha value is -0.560. The summed E-state index contributed by atoms with van der Waals surface area (Å²) in [6, 6.07) is 0.314. The van der Waals surface area contributed by atoms with E-state index >= 15 is 0 Å². The molecule has 1 unspecified atom stereocenters. The zero-order chi connectivity index (χ0) is 12.7. The predicted molar refractivity (Wildman–Crippen MR) is 73.3 cm³/mol. The fourth-order valence-corrected chi connectivity index (χ4v) is 2.74. The summed E-state index contributed by atoms with van der Waals surface area (Å²) < 4.78 is 0. The van der Waals surface area contributed by atoms with Crippen LogP contribution in [-0.4, -0.2) is 29.6 Å². The number of hydrogen-bond acceptors (Lipinski definition) is 3. The highest BCUT2D eigenvalue weighted by atomic mass is 15.3. The first-order chi connectivity index (χ1) is 8.12. The molecule has 0 spiro atoms. The number of hydrogen-bond donors (Lipinski definition) is 2. The maximum atomic E-state index is 5.72. The average molecular weight is 237 g/mol. The van der Waals surface area contributed by atoms with E-state index in [0.29, 0.717) is 6.04 Å². The van der Waals surface area contributed by atoms with Crippen molar-refractivity contribution in [3.8, 4) is 12.3 Å². The average Bonchev–Trinajstić information content (AvgIpc) is 2.35. The molecule has 98 valence electrons. The van der Waals surface area contributed by atoms with E-state index in [0.717, 1.165) is 19.3 Å². The van der Waals surface area contributed by atoms with Gasteiger partial charge in [0.1, 0.15) is 0 Å². The number of nitrogens with two attached hydrogens (primary N) is 1. The van der Waals surface area contributed by atoms with Gasteiger partial charge in [0, 0.05) is 18.0 Å². The fourth-order valence-electron chi connectivity index (χ4n) is 2.74. The molecule has 3 nitrogen and oxygen atoms in total. The van der Waals surface area contributed by atoms with Gasteiger partial charge in [0.2, 0.25) is 0 Å². The number of terminal acetylenes is 1. The third-order valence-corrected chi connectivity index (χ3v) is 4.04. The largest absolute Gasteiger partial charge is 0.297 e. The Morgan fingerprint density at radius 1 is 1.35 bits per heavy atom. The molecule has 0 aromatic heterocycles. The topological polar surface area (TPSA) is 41.3 Å². The quantitative estimate of drug-likeness (QED) is 0.321. The molecule has 1 atom stereocenters. The number of piperidine rings is 1. The SMILES string of the molecule is C#CCCCC(NN)C(C)(C)N1CCCCC1. The summed E-state index contributed by atoms with van der Waals surface area (Å²) in [5.74, 6) is 8.42. The Morgan fingerprint density at radius 2 is 2.00 bits per heavy atom. The highest BCUT2D eigenvalue weighted by Crippen LogP contribution is 2.25. The molecule has 0 aromatic carbocycles. The van der Waals surface area contributed by atoms with Crippen molar-refractivity contribution >= 4 is 0 Å². The van der Waals surface area contributed by atoms with Gasteiger partial charge in [0.15, 0.2) is 0 Å². The lowest BCUT2D eigenvalue weighted by atomic mass is 9.87. The van der Waals surface area contributed by atoms with Crippen molar-refractivity contribution < 1.29 is 0 Å². The van der Waals surface area contributed by atoms with Gasteiger partial charge in [-0.25, -0.2) is 0 Å². The van der Waals surface area contributed by atoms with Crippen LogP contribution in [0.1, 0.15) is 52.4 Å². The molecule has 0 amide bonds. The Bertz CT molecular complexity index is 249. The molecule has 3 heteroatoms. The number of hydrazine groups is 1.